The molecule has 0 spiro atoms. The highest BCUT2D eigenvalue weighted by molar-refractivity contribution is 5.64. The van der Waals surface area contributed by atoms with E-state index in [2.05, 4.69) is 24.3 Å². The standard InChI is InChI=1S/C18H23N/c19-12-18-10-3-6-17(18)16-8-7-13-4-1-2-5-14(13)15(16)9-11-18/h1-2,4-5,12,15-17,19H,3,6-11H2/t15-,16-,17+,18+/m1/s1. The van der Waals surface area contributed by atoms with Gasteiger partial charge in [-0.3, -0.25) is 0 Å². The average Bonchev–Trinajstić information content (AvgIpc) is 2.91. The monoisotopic (exact) mass is 253 g/mol. The van der Waals surface area contributed by atoms with Crippen molar-refractivity contribution in [2.75, 3.05) is 0 Å². The van der Waals surface area contributed by atoms with E-state index in [1.165, 1.54) is 44.9 Å². The van der Waals surface area contributed by atoms with Crippen LogP contribution >= 0.6 is 0 Å². The fraction of sp³-hybridized carbons (Fsp3) is 0.611. The SMILES string of the molecule is N=C[C@@]12CCC[C@H]1[C@@H]1CCc3ccccc3[C@H]1CC2. The van der Waals surface area contributed by atoms with Crippen molar-refractivity contribution in [2.45, 2.75) is 50.9 Å². The van der Waals surface area contributed by atoms with Crippen LogP contribution in [0.5, 0.6) is 0 Å². The molecule has 2 saturated carbocycles. The Kier molecular flexibility index (Phi) is 2.58. The van der Waals surface area contributed by atoms with Crippen molar-refractivity contribution in [3.8, 4) is 0 Å². The van der Waals surface area contributed by atoms with Gasteiger partial charge in [-0.2, -0.15) is 0 Å². The van der Waals surface area contributed by atoms with E-state index in [0.717, 1.165) is 17.8 Å². The van der Waals surface area contributed by atoms with Gasteiger partial charge in [0.15, 0.2) is 0 Å². The summed E-state index contributed by atoms with van der Waals surface area (Å²) in [5, 5.41) is 7.94. The Hall–Kier alpha value is -1.11. The molecule has 1 aromatic carbocycles. The summed E-state index contributed by atoms with van der Waals surface area (Å²) in [5.74, 6) is 2.45. The van der Waals surface area contributed by atoms with Crippen molar-refractivity contribution in [2.24, 2.45) is 17.3 Å². The fourth-order valence-electron chi connectivity index (χ4n) is 5.48. The molecule has 0 bridgehead atoms. The maximum atomic E-state index is 7.94. The van der Waals surface area contributed by atoms with E-state index in [1.54, 1.807) is 11.1 Å². The summed E-state index contributed by atoms with van der Waals surface area (Å²) in [6, 6.07) is 9.12. The quantitative estimate of drug-likeness (QED) is 0.709. The Morgan fingerprint density at radius 3 is 2.89 bits per heavy atom. The summed E-state index contributed by atoms with van der Waals surface area (Å²) in [6.07, 6.45) is 11.0. The van der Waals surface area contributed by atoms with Gasteiger partial charge in [0.05, 0.1) is 0 Å². The zero-order chi connectivity index (χ0) is 12.9. The van der Waals surface area contributed by atoms with Gasteiger partial charge in [0.1, 0.15) is 0 Å². The molecular formula is C18H23N. The number of aryl methyl sites for hydroxylation is 1. The number of nitrogens with one attached hydrogen (secondary N) is 1. The second-order valence-electron chi connectivity index (χ2n) is 6.92. The van der Waals surface area contributed by atoms with Crippen LogP contribution in [-0.4, -0.2) is 6.21 Å². The van der Waals surface area contributed by atoms with Gasteiger partial charge in [-0.25, -0.2) is 0 Å². The molecule has 0 saturated heterocycles. The zero-order valence-electron chi connectivity index (χ0n) is 11.6. The molecule has 1 aromatic rings. The van der Waals surface area contributed by atoms with E-state index in [-0.39, 0.29) is 5.41 Å². The van der Waals surface area contributed by atoms with Crippen molar-refractivity contribution < 1.29 is 0 Å². The van der Waals surface area contributed by atoms with E-state index in [1.807, 2.05) is 6.21 Å². The van der Waals surface area contributed by atoms with Gasteiger partial charge in [-0.1, -0.05) is 30.7 Å². The fourth-order valence-corrected chi connectivity index (χ4v) is 5.48. The largest absolute Gasteiger partial charge is 0.313 e. The number of fused-ring (bicyclic) bond motifs is 5. The van der Waals surface area contributed by atoms with Crippen molar-refractivity contribution >= 4 is 6.21 Å². The summed E-state index contributed by atoms with van der Waals surface area (Å²) < 4.78 is 0. The highest BCUT2D eigenvalue weighted by atomic mass is 14.6. The van der Waals surface area contributed by atoms with E-state index >= 15 is 0 Å². The van der Waals surface area contributed by atoms with Crippen LogP contribution < -0.4 is 0 Å². The second kappa shape index (κ2) is 4.19. The molecule has 0 unspecified atom stereocenters. The van der Waals surface area contributed by atoms with Gasteiger partial charge in [0.25, 0.3) is 0 Å². The van der Waals surface area contributed by atoms with Crippen LogP contribution in [0.4, 0.5) is 0 Å². The molecule has 0 amide bonds. The van der Waals surface area contributed by atoms with Gasteiger partial charge in [0.2, 0.25) is 0 Å². The first kappa shape index (κ1) is 11.7. The van der Waals surface area contributed by atoms with Crippen molar-refractivity contribution in [3.05, 3.63) is 35.4 Å². The molecule has 3 aliphatic carbocycles. The lowest BCUT2D eigenvalue weighted by atomic mass is 9.55. The van der Waals surface area contributed by atoms with Crippen LogP contribution in [0.3, 0.4) is 0 Å². The van der Waals surface area contributed by atoms with Crippen LogP contribution in [0, 0.1) is 22.7 Å². The number of hydrogen-bond acceptors (Lipinski definition) is 1. The Morgan fingerprint density at radius 1 is 1.11 bits per heavy atom. The first-order valence-corrected chi connectivity index (χ1v) is 7.93. The summed E-state index contributed by atoms with van der Waals surface area (Å²) in [4.78, 5) is 0. The maximum Gasteiger partial charge on any atom is 0.00808 e. The third kappa shape index (κ3) is 1.57. The highest BCUT2D eigenvalue weighted by Gasteiger charge is 2.51. The Bertz CT molecular complexity index is 506. The summed E-state index contributed by atoms with van der Waals surface area (Å²) >= 11 is 0. The van der Waals surface area contributed by atoms with Gasteiger partial charge in [-0.15, -0.1) is 0 Å². The minimum absolute atomic E-state index is 0.285. The third-order valence-electron chi connectivity index (χ3n) is 6.34. The molecule has 3 aliphatic rings. The Morgan fingerprint density at radius 2 is 2.00 bits per heavy atom. The predicted molar refractivity (Wildman–Crippen MR) is 78.8 cm³/mol. The molecule has 0 radical (unpaired) electrons. The number of rotatable bonds is 1. The summed E-state index contributed by atoms with van der Waals surface area (Å²) in [7, 11) is 0. The number of benzene rings is 1. The van der Waals surface area contributed by atoms with Crippen LogP contribution in [0.1, 0.15) is 55.6 Å². The lowest BCUT2D eigenvalue weighted by Crippen LogP contribution is -2.41. The Balaban J connectivity index is 1.73. The minimum Gasteiger partial charge on any atom is -0.313 e. The van der Waals surface area contributed by atoms with Gasteiger partial charge in [-0.05, 0) is 67.4 Å². The van der Waals surface area contributed by atoms with Crippen LogP contribution in [-0.2, 0) is 6.42 Å². The van der Waals surface area contributed by atoms with Crippen LogP contribution in [0.15, 0.2) is 24.3 Å². The molecule has 0 aromatic heterocycles. The summed E-state index contributed by atoms with van der Waals surface area (Å²) in [5.41, 5.74) is 3.53. The highest BCUT2D eigenvalue weighted by Crippen LogP contribution is 2.60. The van der Waals surface area contributed by atoms with E-state index in [9.17, 15) is 0 Å². The van der Waals surface area contributed by atoms with Gasteiger partial charge in [0, 0.05) is 11.6 Å². The molecule has 19 heavy (non-hydrogen) atoms. The summed E-state index contributed by atoms with van der Waals surface area (Å²) in [6.45, 7) is 0. The Labute approximate surface area is 115 Å². The molecule has 0 heterocycles. The van der Waals surface area contributed by atoms with Gasteiger partial charge >= 0.3 is 0 Å². The molecule has 100 valence electrons. The molecular weight excluding hydrogens is 230 g/mol. The first-order valence-electron chi connectivity index (χ1n) is 7.93. The first-order chi connectivity index (χ1) is 9.34. The predicted octanol–water partition coefficient (Wildman–Crippen LogP) is 4.56. The van der Waals surface area contributed by atoms with E-state index < -0.39 is 0 Å². The van der Waals surface area contributed by atoms with E-state index in [0.29, 0.717) is 0 Å². The molecule has 0 aliphatic heterocycles. The molecule has 4 atom stereocenters. The molecule has 1 N–H and O–H groups in total. The normalized spacial score (nSPS) is 40.1. The minimum atomic E-state index is 0.285. The number of hydrogen-bond donors (Lipinski definition) is 1. The molecule has 2 fully saturated rings. The van der Waals surface area contributed by atoms with Crippen molar-refractivity contribution in [3.63, 3.8) is 0 Å². The van der Waals surface area contributed by atoms with Crippen molar-refractivity contribution in [1.82, 2.24) is 0 Å². The van der Waals surface area contributed by atoms with Gasteiger partial charge < -0.3 is 5.41 Å². The average molecular weight is 253 g/mol. The maximum absolute atomic E-state index is 7.94. The van der Waals surface area contributed by atoms with Crippen LogP contribution in [0.2, 0.25) is 0 Å². The molecule has 1 heteroatoms. The smallest absolute Gasteiger partial charge is 0.00808 e. The lowest BCUT2D eigenvalue weighted by Gasteiger charge is -2.49. The molecule has 4 rings (SSSR count). The van der Waals surface area contributed by atoms with E-state index in [4.69, 9.17) is 5.41 Å². The topological polar surface area (TPSA) is 23.9 Å². The second-order valence-corrected chi connectivity index (χ2v) is 6.92. The third-order valence-corrected chi connectivity index (χ3v) is 6.34. The van der Waals surface area contributed by atoms with Crippen molar-refractivity contribution in [1.29, 1.82) is 5.41 Å². The van der Waals surface area contributed by atoms with Crippen LogP contribution in [0.25, 0.3) is 0 Å². The zero-order valence-corrected chi connectivity index (χ0v) is 11.6. The lowest BCUT2D eigenvalue weighted by molar-refractivity contribution is 0.100. The molecule has 1 nitrogen and oxygen atoms in total.